The largest absolute Gasteiger partial charge is 0.462 e. The van der Waals surface area contributed by atoms with E-state index in [2.05, 4.69) is 21.4 Å². The third kappa shape index (κ3) is 6.20. The van der Waals surface area contributed by atoms with Crippen molar-refractivity contribution >= 4 is 60.8 Å². The molecule has 1 saturated heterocycles. The first-order valence-electron chi connectivity index (χ1n) is 15.3. The van der Waals surface area contributed by atoms with Gasteiger partial charge in [-0.25, -0.2) is 18.0 Å². The van der Waals surface area contributed by atoms with Gasteiger partial charge in [-0.05, 0) is 57.4 Å². The number of hydrogen-bond acceptors (Lipinski definition) is 10. The summed E-state index contributed by atoms with van der Waals surface area (Å²) < 4.78 is 60.4. The Hall–Kier alpha value is -3.90. The monoisotopic (exact) mass is 703 g/mol. The van der Waals surface area contributed by atoms with Crippen molar-refractivity contribution in [2.75, 3.05) is 49.7 Å². The van der Waals surface area contributed by atoms with Gasteiger partial charge in [0.1, 0.15) is 34.9 Å². The number of aliphatic hydroxyl groups excluding tert-OH is 1. The van der Waals surface area contributed by atoms with Crippen molar-refractivity contribution in [1.82, 2.24) is 9.97 Å². The van der Waals surface area contributed by atoms with Crippen LogP contribution in [0.2, 0.25) is 5.02 Å². The smallest absolute Gasteiger partial charge is 0.412 e. The Morgan fingerprint density at radius 1 is 1.27 bits per heavy atom. The maximum atomic E-state index is 15.3. The number of nitrogens with one attached hydrogen (secondary N) is 1. The third-order valence-corrected chi connectivity index (χ3v) is 9.86. The molecule has 2 aliphatic rings. The van der Waals surface area contributed by atoms with Crippen molar-refractivity contribution in [1.29, 1.82) is 5.26 Å². The van der Waals surface area contributed by atoms with Gasteiger partial charge < -0.3 is 24.2 Å². The highest BCUT2D eigenvalue weighted by Crippen LogP contribution is 2.60. The van der Waals surface area contributed by atoms with E-state index in [1.807, 2.05) is 4.90 Å². The number of rotatable bonds is 7. The number of halogens is 4. The minimum absolute atomic E-state index is 0.0301. The van der Waals surface area contributed by atoms with Crippen LogP contribution in [0, 0.1) is 29.5 Å². The molecule has 1 atom stereocenters. The van der Waals surface area contributed by atoms with Gasteiger partial charge in [0.2, 0.25) is 0 Å². The van der Waals surface area contributed by atoms with Gasteiger partial charge in [-0.1, -0.05) is 17.7 Å². The molecule has 2 fully saturated rings. The SMILES string of the molecule is Cc1c(-c2ccc(F)c3sc(NC(=O)OC(C)(C)C)c(C#N)c23)c(Cl)cc2c(N3CCCOCC3)nc(OC[C@]3(CO)CC3(F)F)nc12. The number of hydrogen-bond donors (Lipinski definition) is 2. The number of aliphatic hydroxyl groups is 1. The number of fused-ring (bicyclic) bond motifs is 2. The summed E-state index contributed by atoms with van der Waals surface area (Å²) in [5.74, 6) is -3.19. The lowest BCUT2D eigenvalue weighted by molar-refractivity contribution is 0.0126. The summed E-state index contributed by atoms with van der Waals surface area (Å²) in [5.41, 5.74) is -0.677. The van der Waals surface area contributed by atoms with Crippen LogP contribution in [0.25, 0.3) is 32.1 Å². The Balaban J connectivity index is 1.51. The van der Waals surface area contributed by atoms with Crippen molar-refractivity contribution in [3.05, 3.63) is 40.2 Å². The second kappa shape index (κ2) is 12.5. The minimum Gasteiger partial charge on any atom is -0.462 e. The first kappa shape index (κ1) is 34.0. The van der Waals surface area contributed by atoms with Gasteiger partial charge in [0.25, 0.3) is 5.92 Å². The van der Waals surface area contributed by atoms with Crippen molar-refractivity contribution in [3.63, 3.8) is 0 Å². The molecule has 1 saturated carbocycles. The molecule has 0 unspecified atom stereocenters. The van der Waals surface area contributed by atoms with Crippen LogP contribution in [0.1, 0.15) is 44.7 Å². The van der Waals surface area contributed by atoms with E-state index in [9.17, 15) is 23.9 Å². The fourth-order valence-corrected chi connectivity index (χ4v) is 7.30. The van der Waals surface area contributed by atoms with Crippen LogP contribution in [-0.2, 0) is 9.47 Å². The van der Waals surface area contributed by atoms with Gasteiger partial charge in [-0.15, -0.1) is 11.3 Å². The number of carbonyl (C=O) groups is 1. The quantitative estimate of drug-likeness (QED) is 0.202. The molecule has 2 N–H and O–H groups in total. The number of carbonyl (C=O) groups excluding carboxylic acids is 1. The van der Waals surface area contributed by atoms with E-state index in [1.165, 1.54) is 12.1 Å². The zero-order valence-electron chi connectivity index (χ0n) is 26.7. The molecule has 0 radical (unpaired) electrons. The number of anilines is 2. The molecule has 0 spiro atoms. The molecule has 2 aromatic heterocycles. The lowest BCUT2D eigenvalue weighted by atomic mass is 9.93. The summed E-state index contributed by atoms with van der Waals surface area (Å²) in [6.07, 6.45) is -0.587. The van der Waals surface area contributed by atoms with E-state index >= 15 is 4.39 Å². The zero-order chi connectivity index (χ0) is 34.6. The van der Waals surface area contributed by atoms with Gasteiger partial charge >= 0.3 is 12.1 Å². The Bertz CT molecular complexity index is 1970. The number of ether oxygens (including phenoxy) is 3. The van der Waals surface area contributed by atoms with Crippen LogP contribution in [0.3, 0.4) is 0 Å². The summed E-state index contributed by atoms with van der Waals surface area (Å²) in [6, 6.07) is 6.39. The molecule has 6 rings (SSSR count). The molecule has 15 heteroatoms. The molecule has 4 aromatic rings. The molecule has 0 bridgehead atoms. The average molecular weight is 704 g/mol. The topological polar surface area (TPSA) is 130 Å². The van der Waals surface area contributed by atoms with Crippen LogP contribution < -0.4 is 15.0 Å². The molecule has 1 amide bonds. The van der Waals surface area contributed by atoms with E-state index in [0.717, 1.165) is 11.3 Å². The molecule has 2 aromatic carbocycles. The number of nitrogens with zero attached hydrogens (tertiary/aromatic N) is 4. The second-order valence-electron chi connectivity index (χ2n) is 13.0. The summed E-state index contributed by atoms with van der Waals surface area (Å²) in [6.45, 7) is 7.70. The van der Waals surface area contributed by atoms with Crippen molar-refractivity contribution in [2.24, 2.45) is 5.41 Å². The van der Waals surface area contributed by atoms with E-state index in [-0.39, 0.29) is 31.7 Å². The summed E-state index contributed by atoms with van der Waals surface area (Å²) in [7, 11) is 0. The van der Waals surface area contributed by atoms with Crippen LogP contribution in [0.15, 0.2) is 18.2 Å². The predicted octanol–water partition coefficient (Wildman–Crippen LogP) is 7.45. The zero-order valence-corrected chi connectivity index (χ0v) is 28.3. The van der Waals surface area contributed by atoms with Gasteiger partial charge in [-0.2, -0.15) is 15.2 Å². The molecular formula is C33H33ClF3N5O5S. The molecule has 3 heterocycles. The number of thiophene rings is 1. The van der Waals surface area contributed by atoms with Crippen LogP contribution in [0.5, 0.6) is 6.01 Å². The Morgan fingerprint density at radius 2 is 2.02 bits per heavy atom. The first-order chi connectivity index (χ1) is 22.7. The maximum absolute atomic E-state index is 15.3. The first-order valence-corrected chi connectivity index (χ1v) is 16.5. The lowest BCUT2D eigenvalue weighted by Gasteiger charge is -2.24. The average Bonchev–Trinajstić information content (AvgIpc) is 3.53. The normalized spacial score (nSPS) is 19.2. The number of benzene rings is 2. The highest BCUT2D eigenvalue weighted by atomic mass is 35.5. The Kier molecular flexibility index (Phi) is 8.87. The van der Waals surface area contributed by atoms with Gasteiger partial charge in [0.05, 0.1) is 34.4 Å². The van der Waals surface area contributed by atoms with E-state index in [1.54, 1.807) is 33.8 Å². The highest BCUT2D eigenvalue weighted by Gasteiger charge is 2.71. The number of alkyl halides is 2. The molecule has 10 nitrogen and oxygen atoms in total. The number of amides is 1. The fourth-order valence-electron chi connectivity index (χ4n) is 5.88. The predicted molar refractivity (Wildman–Crippen MR) is 177 cm³/mol. The van der Waals surface area contributed by atoms with Crippen molar-refractivity contribution in [3.8, 4) is 23.2 Å². The molecule has 254 valence electrons. The number of aromatic nitrogens is 2. The Morgan fingerprint density at radius 3 is 2.69 bits per heavy atom. The van der Waals surface area contributed by atoms with E-state index < -0.39 is 48.5 Å². The van der Waals surface area contributed by atoms with Gasteiger partial charge in [-0.3, -0.25) is 5.32 Å². The van der Waals surface area contributed by atoms with E-state index in [0.29, 0.717) is 66.1 Å². The summed E-state index contributed by atoms with van der Waals surface area (Å²) in [4.78, 5) is 23.8. The number of nitriles is 1. The van der Waals surface area contributed by atoms with Gasteiger partial charge in [0.15, 0.2) is 0 Å². The van der Waals surface area contributed by atoms with Crippen LogP contribution in [-0.4, -0.2) is 72.2 Å². The highest BCUT2D eigenvalue weighted by molar-refractivity contribution is 7.23. The van der Waals surface area contributed by atoms with Crippen LogP contribution >= 0.6 is 22.9 Å². The molecule has 48 heavy (non-hydrogen) atoms. The Labute approximate surface area is 283 Å². The summed E-state index contributed by atoms with van der Waals surface area (Å²) in [5, 5.41) is 23.7. The fraction of sp³-hybridized carbons (Fsp3) is 0.455. The summed E-state index contributed by atoms with van der Waals surface area (Å²) >= 11 is 7.90. The molecule has 1 aliphatic heterocycles. The van der Waals surface area contributed by atoms with Crippen LogP contribution in [0.4, 0.5) is 28.8 Å². The van der Waals surface area contributed by atoms with Crippen molar-refractivity contribution < 1.29 is 37.3 Å². The standard InChI is InChI=1S/C33H33ClF3N5O5S/c1-17-23(18-6-7-22(35)26-24(18)20(13-38)28(48-26)41-30(44)47-31(2,3)4)21(34)12-19-25(17)39-29(46-16-32(15-43)14-33(32,36)37)40-27(19)42-8-5-10-45-11-9-42/h6-7,12,43H,5,8-11,14-16H2,1-4H3,(H,41,44)/t32-/m1/s1. The maximum Gasteiger partial charge on any atom is 0.412 e. The van der Waals surface area contributed by atoms with Gasteiger partial charge in [0, 0.05) is 47.5 Å². The molecule has 1 aliphatic carbocycles. The molecular weight excluding hydrogens is 671 g/mol. The third-order valence-electron chi connectivity index (χ3n) is 8.44. The number of aryl methyl sites for hydroxylation is 1. The second-order valence-corrected chi connectivity index (χ2v) is 14.4. The van der Waals surface area contributed by atoms with E-state index in [4.69, 9.17) is 25.8 Å². The van der Waals surface area contributed by atoms with Crippen molar-refractivity contribution in [2.45, 2.75) is 52.1 Å². The lowest BCUT2D eigenvalue weighted by Crippen LogP contribution is -2.28. The minimum atomic E-state index is -3.07.